The molecule has 1 N–H and O–H groups in total. The van der Waals surface area contributed by atoms with Crippen molar-refractivity contribution in [1.82, 2.24) is 15.0 Å². The molecule has 0 aromatic carbocycles. The molecule has 0 spiro atoms. The number of aromatic nitrogens is 3. The van der Waals surface area contributed by atoms with Crippen molar-refractivity contribution in [1.29, 1.82) is 0 Å². The van der Waals surface area contributed by atoms with Gasteiger partial charge in [0.1, 0.15) is 18.0 Å². The van der Waals surface area contributed by atoms with Crippen molar-refractivity contribution in [3.05, 3.63) is 18.0 Å². The molecule has 1 aromatic rings. The molecule has 1 rings (SSSR count). The molecule has 1 heterocycles. The first-order valence-electron chi connectivity index (χ1n) is 3.90. The summed E-state index contributed by atoms with van der Waals surface area (Å²) in [5.41, 5.74) is 0. The highest BCUT2D eigenvalue weighted by Gasteiger charge is 1.84. The number of aliphatic carboxylic acids is 1. The van der Waals surface area contributed by atoms with Gasteiger partial charge >= 0.3 is 5.97 Å². The molecule has 0 saturated heterocycles. The summed E-state index contributed by atoms with van der Waals surface area (Å²) in [4.78, 5) is 21.0. The van der Waals surface area contributed by atoms with E-state index in [4.69, 9.17) is 5.11 Å². The molecule has 0 fully saturated rings. The van der Waals surface area contributed by atoms with E-state index in [1.54, 1.807) is 6.92 Å². The number of rotatable bonds is 1. The van der Waals surface area contributed by atoms with E-state index in [0.29, 0.717) is 0 Å². The normalized spacial score (nSPS) is 8.54. The first-order valence-corrected chi connectivity index (χ1v) is 3.90. The number of carboxylic acid groups (broad SMARTS) is 1. The molecule has 0 atom stereocenters. The van der Waals surface area contributed by atoms with Gasteiger partial charge in [0.15, 0.2) is 0 Å². The molecule has 72 valence electrons. The Bertz CT molecular complexity index is 259. The van der Waals surface area contributed by atoms with Crippen molar-refractivity contribution in [2.45, 2.75) is 27.2 Å². The molecule has 5 heteroatoms. The number of aryl methyl sites for hydroxylation is 2. The van der Waals surface area contributed by atoms with Crippen molar-refractivity contribution in [2.75, 3.05) is 0 Å². The summed E-state index contributed by atoms with van der Waals surface area (Å²) < 4.78 is 0. The van der Waals surface area contributed by atoms with Gasteiger partial charge in [0, 0.05) is 6.42 Å². The molecule has 0 aliphatic heterocycles. The number of hydrogen-bond acceptors (Lipinski definition) is 4. The van der Waals surface area contributed by atoms with Crippen molar-refractivity contribution in [3.63, 3.8) is 0 Å². The minimum Gasteiger partial charge on any atom is -0.481 e. The van der Waals surface area contributed by atoms with E-state index in [1.807, 2.05) is 13.8 Å². The Morgan fingerprint density at radius 3 is 1.92 bits per heavy atom. The molecular weight excluding hydrogens is 170 g/mol. The predicted octanol–water partition coefficient (Wildman–Crippen LogP) is 0.969. The predicted molar refractivity (Wildman–Crippen MR) is 47.2 cm³/mol. The average Bonchev–Trinajstić information content (AvgIpc) is 2.05. The maximum Gasteiger partial charge on any atom is 0.303 e. The van der Waals surface area contributed by atoms with Crippen molar-refractivity contribution < 1.29 is 9.90 Å². The summed E-state index contributed by atoms with van der Waals surface area (Å²) in [6, 6.07) is 0. The van der Waals surface area contributed by atoms with Crippen LogP contribution in [0.4, 0.5) is 0 Å². The molecule has 1 aromatic heterocycles. The Morgan fingerprint density at radius 1 is 1.38 bits per heavy atom. The number of hydrogen-bond donors (Lipinski definition) is 1. The molecule has 0 amide bonds. The number of carboxylic acids is 1. The number of nitrogens with zero attached hydrogens (tertiary/aromatic N) is 3. The first kappa shape index (κ1) is 11.5. The highest BCUT2D eigenvalue weighted by molar-refractivity contribution is 5.66. The van der Waals surface area contributed by atoms with Crippen LogP contribution in [0.5, 0.6) is 0 Å². The van der Waals surface area contributed by atoms with Crippen LogP contribution < -0.4 is 0 Å². The van der Waals surface area contributed by atoms with Crippen molar-refractivity contribution >= 4 is 5.97 Å². The summed E-state index contributed by atoms with van der Waals surface area (Å²) in [6.07, 6.45) is 1.73. The van der Waals surface area contributed by atoms with Gasteiger partial charge < -0.3 is 5.11 Å². The molecule has 0 unspecified atom stereocenters. The van der Waals surface area contributed by atoms with Crippen LogP contribution in [-0.4, -0.2) is 26.0 Å². The molecule has 0 saturated carbocycles. The zero-order valence-corrected chi connectivity index (χ0v) is 7.98. The van der Waals surface area contributed by atoms with E-state index in [1.165, 1.54) is 6.33 Å². The lowest BCUT2D eigenvalue weighted by molar-refractivity contribution is -0.136. The van der Waals surface area contributed by atoms with E-state index >= 15 is 0 Å². The maximum absolute atomic E-state index is 9.37. The van der Waals surface area contributed by atoms with Gasteiger partial charge in [-0.3, -0.25) is 4.79 Å². The minimum atomic E-state index is -0.745. The molecule has 0 aliphatic rings. The van der Waals surface area contributed by atoms with E-state index < -0.39 is 5.97 Å². The lowest BCUT2D eigenvalue weighted by Gasteiger charge is -1.88. The Kier molecular flexibility index (Phi) is 5.34. The Morgan fingerprint density at radius 2 is 1.77 bits per heavy atom. The monoisotopic (exact) mass is 183 g/mol. The van der Waals surface area contributed by atoms with Crippen LogP contribution in [0.1, 0.15) is 25.0 Å². The largest absolute Gasteiger partial charge is 0.481 e. The average molecular weight is 183 g/mol. The summed E-state index contributed by atoms with van der Waals surface area (Å²) in [5.74, 6) is 0.806. The minimum absolute atomic E-state index is 0.222. The molecule has 0 radical (unpaired) electrons. The zero-order valence-electron chi connectivity index (χ0n) is 7.98. The third-order valence-corrected chi connectivity index (χ3v) is 1.12. The second-order valence-corrected chi connectivity index (χ2v) is 2.33. The molecule has 0 aliphatic carbocycles. The fourth-order valence-corrected chi connectivity index (χ4v) is 0.488. The zero-order chi connectivity index (χ0) is 10.3. The van der Waals surface area contributed by atoms with Crippen LogP contribution in [0.25, 0.3) is 0 Å². The Labute approximate surface area is 76.9 Å². The van der Waals surface area contributed by atoms with Crippen LogP contribution in [0.15, 0.2) is 6.33 Å². The lowest BCUT2D eigenvalue weighted by Crippen LogP contribution is -1.91. The number of carbonyl (C=O) groups is 1. The molecular formula is C8H13N3O2. The standard InChI is InChI=1S/C5H7N3.C3H6O2/c1-4-6-3-7-5(2)8-4;1-2-3(4)5/h3H,1-2H3;2H2,1H3,(H,4,5). The highest BCUT2D eigenvalue weighted by atomic mass is 16.4. The maximum atomic E-state index is 9.37. The third-order valence-electron chi connectivity index (χ3n) is 1.12. The second-order valence-electron chi connectivity index (χ2n) is 2.33. The third kappa shape index (κ3) is 6.86. The summed E-state index contributed by atoms with van der Waals surface area (Å²) >= 11 is 0. The van der Waals surface area contributed by atoms with Crippen molar-refractivity contribution in [2.24, 2.45) is 0 Å². The summed E-state index contributed by atoms with van der Waals surface area (Å²) in [5, 5.41) is 7.72. The van der Waals surface area contributed by atoms with Crippen LogP contribution in [-0.2, 0) is 4.79 Å². The van der Waals surface area contributed by atoms with Gasteiger partial charge in [-0.25, -0.2) is 15.0 Å². The van der Waals surface area contributed by atoms with Gasteiger partial charge in [0.05, 0.1) is 0 Å². The van der Waals surface area contributed by atoms with Crippen LogP contribution in [0, 0.1) is 13.8 Å². The Balaban J connectivity index is 0.000000252. The smallest absolute Gasteiger partial charge is 0.303 e. The van der Waals surface area contributed by atoms with E-state index in [0.717, 1.165) is 11.6 Å². The highest BCUT2D eigenvalue weighted by Crippen LogP contribution is 1.83. The fourth-order valence-electron chi connectivity index (χ4n) is 0.488. The van der Waals surface area contributed by atoms with Gasteiger partial charge in [-0.05, 0) is 13.8 Å². The first-order chi connectivity index (χ1) is 6.06. The van der Waals surface area contributed by atoms with Gasteiger partial charge in [-0.1, -0.05) is 6.92 Å². The lowest BCUT2D eigenvalue weighted by atomic mass is 10.5. The molecule has 13 heavy (non-hydrogen) atoms. The molecule has 0 bridgehead atoms. The van der Waals surface area contributed by atoms with Crippen molar-refractivity contribution in [3.8, 4) is 0 Å². The Hall–Kier alpha value is -1.52. The van der Waals surface area contributed by atoms with Crippen LogP contribution >= 0.6 is 0 Å². The summed E-state index contributed by atoms with van der Waals surface area (Å²) in [7, 11) is 0. The SMILES string of the molecule is CCC(=O)O.Cc1ncnc(C)n1. The van der Waals surface area contributed by atoms with E-state index in [-0.39, 0.29) is 6.42 Å². The van der Waals surface area contributed by atoms with E-state index in [9.17, 15) is 4.79 Å². The van der Waals surface area contributed by atoms with Crippen LogP contribution in [0.3, 0.4) is 0 Å². The van der Waals surface area contributed by atoms with E-state index in [2.05, 4.69) is 15.0 Å². The van der Waals surface area contributed by atoms with Gasteiger partial charge in [0.25, 0.3) is 0 Å². The quantitative estimate of drug-likeness (QED) is 0.702. The van der Waals surface area contributed by atoms with Gasteiger partial charge in [-0.15, -0.1) is 0 Å². The van der Waals surface area contributed by atoms with Crippen LogP contribution in [0.2, 0.25) is 0 Å². The molecule has 5 nitrogen and oxygen atoms in total. The topological polar surface area (TPSA) is 76.0 Å². The fraction of sp³-hybridized carbons (Fsp3) is 0.500. The van der Waals surface area contributed by atoms with Gasteiger partial charge in [0.2, 0.25) is 0 Å². The second kappa shape index (κ2) is 6.05. The van der Waals surface area contributed by atoms with Gasteiger partial charge in [-0.2, -0.15) is 0 Å². The summed E-state index contributed by atoms with van der Waals surface area (Å²) in [6.45, 7) is 5.28.